The van der Waals surface area contributed by atoms with Gasteiger partial charge in [-0.3, -0.25) is 4.79 Å². The highest BCUT2D eigenvalue weighted by atomic mass is 79.9. The molecule has 0 N–H and O–H groups in total. The highest BCUT2D eigenvalue weighted by Crippen LogP contribution is 2.31. The minimum atomic E-state index is 0.124. The van der Waals surface area contributed by atoms with Crippen LogP contribution in [0.1, 0.15) is 11.1 Å². The quantitative estimate of drug-likeness (QED) is 0.301. The fourth-order valence-electron chi connectivity index (χ4n) is 4.05. The van der Waals surface area contributed by atoms with E-state index in [1.807, 2.05) is 59.6 Å². The van der Waals surface area contributed by atoms with Crippen molar-refractivity contribution in [1.82, 2.24) is 9.55 Å². The molecule has 4 nitrogen and oxygen atoms in total. The summed E-state index contributed by atoms with van der Waals surface area (Å²) in [4.78, 5) is 19.6. The zero-order valence-electron chi connectivity index (χ0n) is 17.4. The SMILES string of the molecule is O=C(CSc1ncc(-c2ccc(Br)cc2)n1Cc1ccccc1)N1CCc2ccccc21. The lowest BCUT2D eigenvalue weighted by Crippen LogP contribution is -2.30. The number of fused-ring (bicyclic) bond motifs is 1. The summed E-state index contributed by atoms with van der Waals surface area (Å²) in [5.74, 6) is 0.485. The Balaban J connectivity index is 1.39. The van der Waals surface area contributed by atoms with Crippen molar-refractivity contribution >= 4 is 39.3 Å². The van der Waals surface area contributed by atoms with E-state index in [2.05, 4.69) is 50.8 Å². The van der Waals surface area contributed by atoms with Gasteiger partial charge in [0.2, 0.25) is 5.91 Å². The lowest BCUT2D eigenvalue weighted by Gasteiger charge is -2.17. The molecule has 160 valence electrons. The summed E-state index contributed by atoms with van der Waals surface area (Å²) in [6.45, 7) is 1.46. The van der Waals surface area contributed by atoms with Crippen molar-refractivity contribution in [3.63, 3.8) is 0 Å². The monoisotopic (exact) mass is 503 g/mol. The number of anilines is 1. The maximum atomic E-state index is 13.0. The minimum absolute atomic E-state index is 0.124. The van der Waals surface area contributed by atoms with E-state index in [9.17, 15) is 4.79 Å². The van der Waals surface area contributed by atoms with Gasteiger partial charge in [0.25, 0.3) is 0 Å². The summed E-state index contributed by atoms with van der Waals surface area (Å²) in [5, 5.41) is 0.854. The largest absolute Gasteiger partial charge is 0.314 e. The average molecular weight is 504 g/mol. The Morgan fingerprint density at radius 2 is 1.72 bits per heavy atom. The number of thioether (sulfide) groups is 1. The van der Waals surface area contributed by atoms with Crippen LogP contribution in [0.5, 0.6) is 0 Å². The molecule has 0 fully saturated rings. The molecule has 6 heteroatoms. The third-order valence-electron chi connectivity index (χ3n) is 5.66. The predicted octanol–water partition coefficient (Wildman–Crippen LogP) is 6.04. The van der Waals surface area contributed by atoms with Crippen LogP contribution in [0.3, 0.4) is 0 Å². The number of nitrogens with zero attached hydrogens (tertiary/aromatic N) is 3. The molecule has 1 aliphatic rings. The van der Waals surface area contributed by atoms with E-state index in [0.29, 0.717) is 12.3 Å². The summed E-state index contributed by atoms with van der Waals surface area (Å²) in [7, 11) is 0. The Morgan fingerprint density at radius 3 is 2.53 bits per heavy atom. The lowest BCUT2D eigenvalue weighted by atomic mass is 10.1. The zero-order valence-corrected chi connectivity index (χ0v) is 19.8. The highest BCUT2D eigenvalue weighted by Gasteiger charge is 2.24. The van der Waals surface area contributed by atoms with Gasteiger partial charge in [-0.15, -0.1) is 0 Å². The van der Waals surface area contributed by atoms with Gasteiger partial charge in [-0.1, -0.05) is 88.4 Å². The molecule has 0 saturated heterocycles. The number of carbonyl (C=O) groups is 1. The number of imidazole rings is 1. The fourth-order valence-corrected chi connectivity index (χ4v) is 5.16. The molecular formula is C26H22BrN3OS. The fraction of sp³-hybridized carbons (Fsp3) is 0.154. The van der Waals surface area contributed by atoms with Crippen molar-refractivity contribution in [3.05, 3.63) is 101 Å². The van der Waals surface area contributed by atoms with Crippen molar-refractivity contribution in [2.24, 2.45) is 0 Å². The first-order valence-electron chi connectivity index (χ1n) is 10.6. The van der Waals surface area contributed by atoms with Gasteiger partial charge in [-0.25, -0.2) is 4.98 Å². The van der Waals surface area contributed by atoms with E-state index >= 15 is 0 Å². The lowest BCUT2D eigenvalue weighted by molar-refractivity contribution is -0.116. The Kier molecular flexibility index (Phi) is 6.14. The smallest absolute Gasteiger partial charge is 0.237 e. The average Bonchev–Trinajstić information content (AvgIpc) is 3.43. The Labute approximate surface area is 200 Å². The number of hydrogen-bond acceptors (Lipinski definition) is 3. The van der Waals surface area contributed by atoms with Gasteiger partial charge in [0, 0.05) is 16.7 Å². The second kappa shape index (κ2) is 9.35. The number of benzene rings is 3. The van der Waals surface area contributed by atoms with Crippen molar-refractivity contribution < 1.29 is 4.79 Å². The van der Waals surface area contributed by atoms with Gasteiger partial charge >= 0.3 is 0 Å². The summed E-state index contributed by atoms with van der Waals surface area (Å²) in [6.07, 6.45) is 2.83. The van der Waals surface area contributed by atoms with Gasteiger partial charge in [0.1, 0.15) is 0 Å². The summed E-state index contributed by atoms with van der Waals surface area (Å²) < 4.78 is 3.25. The Morgan fingerprint density at radius 1 is 0.969 bits per heavy atom. The third-order valence-corrected chi connectivity index (χ3v) is 7.16. The van der Waals surface area contributed by atoms with Crippen LogP contribution in [-0.2, 0) is 17.8 Å². The molecule has 0 unspecified atom stereocenters. The van der Waals surface area contributed by atoms with Crippen molar-refractivity contribution in [2.75, 3.05) is 17.2 Å². The number of aromatic nitrogens is 2. The maximum absolute atomic E-state index is 13.0. The van der Waals surface area contributed by atoms with Gasteiger partial charge in [0.05, 0.1) is 24.2 Å². The zero-order chi connectivity index (χ0) is 21.9. The van der Waals surface area contributed by atoms with E-state index in [-0.39, 0.29) is 5.91 Å². The number of para-hydroxylation sites is 1. The highest BCUT2D eigenvalue weighted by molar-refractivity contribution is 9.10. The van der Waals surface area contributed by atoms with Crippen LogP contribution in [-0.4, -0.2) is 27.8 Å². The molecule has 2 heterocycles. The molecular weight excluding hydrogens is 482 g/mol. The number of rotatable bonds is 6. The number of halogens is 1. The molecule has 0 radical (unpaired) electrons. The first-order chi connectivity index (χ1) is 15.7. The minimum Gasteiger partial charge on any atom is -0.314 e. The molecule has 4 aromatic rings. The van der Waals surface area contributed by atoms with Crippen LogP contribution < -0.4 is 4.90 Å². The molecule has 0 aliphatic carbocycles. The van der Waals surface area contributed by atoms with E-state index in [1.165, 1.54) is 22.9 Å². The van der Waals surface area contributed by atoms with Crippen LogP contribution in [0.4, 0.5) is 5.69 Å². The molecule has 0 atom stereocenters. The topological polar surface area (TPSA) is 38.1 Å². The predicted molar refractivity (Wildman–Crippen MR) is 134 cm³/mol. The maximum Gasteiger partial charge on any atom is 0.237 e. The number of carbonyl (C=O) groups excluding carboxylic acids is 1. The number of amides is 1. The molecule has 0 bridgehead atoms. The van der Waals surface area contributed by atoms with E-state index in [1.54, 1.807) is 0 Å². The van der Waals surface area contributed by atoms with E-state index in [0.717, 1.165) is 39.5 Å². The van der Waals surface area contributed by atoms with E-state index < -0.39 is 0 Å². The van der Waals surface area contributed by atoms with Gasteiger partial charge in [-0.2, -0.15) is 0 Å². The van der Waals surface area contributed by atoms with Crippen molar-refractivity contribution in [3.8, 4) is 11.3 Å². The summed E-state index contributed by atoms with van der Waals surface area (Å²) >= 11 is 5.02. The van der Waals surface area contributed by atoms with Crippen LogP contribution in [0.25, 0.3) is 11.3 Å². The molecule has 5 rings (SSSR count). The van der Waals surface area contributed by atoms with Crippen LogP contribution >= 0.6 is 27.7 Å². The standard InChI is InChI=1S/C26H22BrN3OS/c27-22-12-10-21(11-13-22)24-16-28-26(30(24)17-19-6-2-1-3-7-19)32-18-25(31)29-15-14-20-8-4-5-9-23(20)29/h1-13,16H,14-15,17-18H2. The van der Waals surface area contributed by atoms with Gasteiger partial charge in [0.15, 0.2) is 5.16 Å². The summed E-state index contributed by atoms with van der Waals surface area (Å²) in [5.41, 5.74) is 5.63. The third kappa shape index (κ3) is 4.38. The Bertz CT molecular complexity index is 1240. The Hall–Kier alpha value is -2.83. The molecule has 0 spiro atoms. The molecule has 1 aromatic heterocycles. The first-order valence-corrected chi connectivity index (χ1v) is 12.3. The number of hydrogen-bond donors (Lipinski definition) is 0. The normalized spacial score (nSPS) is 12.7. The first kappa shape index (κ1) is 21.0. The van der Waals surface area contributed by atoms with Crippen molar-refractivity contribution in [2.45, 2.75) is 18.1 Å². The van der Waals surface area contributed by atoms with Gasteiger partial charge < -0.3 is 9.47 Å². The second-order valence-corrected chi connectivity index (χ2v) is 9.58. The second-order valence-electron chi connectivity index (χ2n) is 7.72. The van der Waals surface area contributed by atoms with Crippen LogP contribution in [0, 0.1) is 0 Å². The molecule has 0 saturated carbocycles. The van der Waals surface area contributed by atoms with Crippen molar-refractivity contribution in [1.29, 1.82) is 0 Å². The van der Waals surface area contributed by atoms with Gasteiger partial charge in [-0.05, 0) is 41.3 Å². The van der Waals surface area contributed by atoms with Crippen LogP contribution in [0.15, 0.2) is 94.7 Å². The molecule has 1 amide bonds. The molecule has 3 aromatic carbocycles. The molecule has 1 aliphatic heterocycles. The summed E-state index contributed by atoms with van der Waals surface area (Å²) in [6, 6.07) is 26.8. The molecule has 32 heavy (non-hydrogen) atoms. The van der Waals surface area contributed by atoms with E-state index in [4.69, 9.17) is 4.98 Å². The van der Waals surface area contributed by atoms with Crippen LogP contribution in [0.2, 0.25) is 0 Å².